The van der Waals surface area contributed by atoms with Crippen LogP contribution in [0, 0.1) is 20.8 Å². The van der Waals surface area contributed by atoms with E-state index in [2.05, 4.69) is 135 Å². The van der Waals surface area contributed by atoms with Gasteiger partial charge in [0.1, 0.15) is 0 Å². The highest BCUT2D eigenvalue weighted by Crippen LogP contribution is 2.39. The molecule has 0 saturated heterocycles. The average molecular weight is 479 g/mol. The number of pyridine rings is 1. The molecule has 1 N–H and O–H groups in total. The highest BCUT2D eigenvalue weighted by atomic mass is 15.0. The summed E-state index contributed by atoms with van der Waals surface area (Å²) in [5.41, 5.74) is 9.28. The molecule has 0 aliphatic carbocycles. The van der Waals surface area contributed by atoms with Gasteiger partial charge in [-0.05, 0) is 77.2 Å². The molecule has 0 radical (unpaired) electrons. The van der Waals surface area contributed by atoms with Gasteiger partial charge < -0.3 is 5.32 Å². The van der Waals surface area contributed by atoms with Crippen LogP contribution in [0.5, 0.6) is 0 Å². The first-order valence-corrected chi connectivity index (χ1v) is 12.9. The highest BCUT2D eigenvalue weighted by molar-refractivity contribution is 6.03. The quantitative estimate of drug-likeness (QED) is 0.250. The van der Waals surface area contributed by atoms with Crippen molar-refractivity contribution in [1.82, 2.24) is 4.98 Å². The zero-order chi connectivity index (χ0) is 25.4. The summed E-state index contributed by atoms with van der Waals surface area (Å²) in [6.07, 6.45) is 0. The van der Waals surface area contributed by atoms with E-state index < -0.39 is 0 Å². The fourth-order valence-corrected chi connectivity index (χ4v) is 5.59. The van der Waals surface area contributed by atoms with Crippen LogP contribution in [0.25, 0.3) is 32.8 Å². The predicted octanol–water partition coefficient (Wildman–Crippen LogP) is 9.18. The molecule has 1 unspecified atom stereocenters. The lowest BCUT2D eigenvalue weighted by atomic mass is 9.89. The van der Waals surface area contributed by atoms with E-state index in [0.29, 0.717) is 0 Å². The van der Waals surface area contributed by atoms with E-state index in [1.54, 1.807) is 0 Å². The molecule has 0 fully saturated rings. The summed E-state index contributed by atoms with van der Waals surface area (Å²) < 4.78 is 0. The molecule has 2 nitrogen and oxygen atoms in total. The van der Waals surface area contributed by atoms with Crippen LogP contribution in [0.1, 0.15) is 34.0 Å². The number of hydrogen-bond acceptors (Lipinski definition) is 2. The molecule has 0 spiro atoms. The molecule has 6 rings (SSSR count). The molecule has 1 atom stereocenters. The topological polar surface area (TPSA) is 24.9 Å². The smallest absolute Gasteiger partial charge is 0.0952 e. The van der Waals surface area contributed by atoms with Crippen molar-refractivity contribution in [2.45, 2.75) is 26.8 Å². The lowest BCUT2D eigenvalue weighted by molar-refractivity contribution is 0.900. The summed E-state index contributed by atoms with van der Waals surface area (Å²) in [5, 5.41) is 8.93. The largest absolute Gasteiger partial charge is 0.372 e. The first-order valence-electron chi connectivity index (χ1n) is 12.9. The molecule has 2 heteroatoms. The molecule has 180 valence electrons. The fraction of sp³-hybridized carbons (Fsp3) is 0.114. The second kappa shape index (κ2) is 9.55. The molecule has 0 aliphatic rings. The Hall–Kier alpha value is -4.43. The number of nitrogens with zero attached hydrogens (tertiary/aromatic N) is 1. The fourth-order valence-electron chi connectivity index (χ4n) is 5.59. The molecule has 0 amide bonds. The van der Waals surface area contributed by atoms with Crippen molar-refractivity contribution in [2.75, 3.05) is 5.32 Å². The average Bonchev–Trinajstić information content (AvgIpc) is 2.92. The monoisotopic (exact) mass is 478 g/mol. The van der Waals surface area contributed by atoms with E-state index in [0.717, 1.165) is 17.0 Å². The minimum Gasteiger partial charge on any atom is -0.372 e. The highest BCUT2D eigenvalue weighted by Gasteiger charge is 2.23. The Kier molecular flexibility index (Phi) is 5.94. The number of benzene rings is 5. The van der Waals surface area contributed by atoms with Crippen LogP contribution in [-0.4, -0.2) is 4.98 Å². The summed E-state index contributed by atoms with van der Waals surface area (Å²) in [5.74, 6) is 0. The van der Waals surface area contributed by atoms with Gasteiger partial charge in [0.2, 0.25) is 0 Å². The van der Waals surface area contributed by atoms with E-state index in [-0.39, 0.29) is 6.04 Å². The van der Waals surface area contributed by atoms with Gasteiger partial charge in [0, 0.05) is 11.3 Å². The van der Waals surface area contributed by atoms with E-state index in [1.807, 2.05) is 6.07 Å². The van der Waals surface area contributed by atoms with Gasteiger partial charge in [-0.3, -0.25) is 4.98 Å². The molecular formula is C35H30N2. The second-order valence-corrected chi connectivity index (χ2v) is 9.90. The first-order chi connectivity index (χ1) is 18.1. The lowest BCUT2D eigenvalue weighted by Crippen LogP contribution is -2.17. The maximum atomic E-state index is 5.24. The number of nitrogens with one attached hydrogen (secondary N) is 1. The van der Waals surface area contributed by atoms with Gasteiger partial charge in [-0.1, -0.05) is 103 Å². The van der Waals surface area contributed by atoms with Crippen molar-refractivity contribution < 1.29 is 0 Å². The number of rotatable bonds is 5. The van der Waals surface area contributed by atoms with Gasteiger partial charge >= 0.3 is 0 Å². The summed E-state index contributed by atoms with van der Waals surface area (Å²) >= 11 is 0. The van der Waals surface area contributed by atoms with E-state index in [1.165, 1.54) is 49.5 Å². The summed E-state index contributed by atoms with van der Waals surface area (Å²) in [6.45, 7) is 6.53. The maximum absolute atomic E-state index is 5.24. The standard InChI is InChI=1S/C35H30N2/c1-23-20-24(2)34(25(3)21-23)37-35(32-19-11-18-31(36-32)26-12-5-4-6-13-26)33-29-16-9-7-14-27(29)22-28-15-8-10-17-30(28)33/h4-22,35,37H,1-3H3. The van der Waals surface area contributed by atoms with Gasteiger partial charge in [-0.15, -0.1) is 0 Å². The van der Waals surface area contributed by atoms with E-state index >= 15 is 0 Å². The van der Waals surface area contributed by atoms with Crippen LogP contribution >= 0.6 is 0 Å². The maximum Gasteiger partial charge on any atom is 0.0952 e. The molecule has 0 bridgehead atoms. The zero-order valence-electron chi connectivity index (χ0n) is 21.5. The lowest BCUT2D eigenvalue weighted by Gasteiger charge is -2.26. The van der Waals surface area contributed by atoms with E-state index in [9.17, 15) is 0 Å². The van der Waals surface area contributed by atoms with Crippen molar-refractivity contribution in [3.8, 4) is 11.3 Å². The Morgan fingerprint density at radius 3 is 1.84 bits per heavy atom. The van der Waals surface area contributed by atoms with Gasteiger partial charge in [0.05, 0.1) is 17.4 Å². The number of aryl methyl sites for hydroxylation is 3. The second-order valence-electron chi connectivity index (χ2n) is 9.90. The molecule has 1 heterocycles. The molecule has 37 heavy (non-hydrogen) atoms. The number of aromatic nitrogens is 1. The van der Waals surface area contributed by atoms with Crippen LogP contribution in [0.3, 0.4) is 0 Å². The van der Waals surface area contributed by atoms with Gasteiger partial charge in [0.25, 0.3) is 0 Å². The minimum atomic E-state index is -0.139. The Morgan fingerprint density at radius 2 is 1.19 bits per heavy atom. The van der Waals surface area contributed by atoms with Crippen molar-refractivity contribution in [1.29, 1.82) is 0 Å². The van der Waals surface area contributed by atoms with Crippen LogP contribution in [0.15, 0.2) is 115 Å². The van der Waals surface area contributed by atoms with Crippen molar-refractivity contribution >= 4 is 27.2 Å². The Morgan fingerprint density at radius 1 is 0.595 bits per heavy atom. The zero-order valence-corrected chi connectivity index (χ0v) is 21.5. The predicted molar refractivity (Wildman–Crippen MR) is 157 cm³/mol. The molecular weight excluding hydrogens is 448 g/mol. The Balaban J connectivity index is 1.63. The number of hydrogen-bond donors (Lipinski definition) is 1. The first kappa shape index (κ1) is 23.0. The molecule has 0 aliphatic heterocycles. The number of anilines is 1. The van der Waals surface area contributed by atoms with Crippen molar-refractivity contribution in [3.05, 3.63) is 143 Å². The normalized spacial score (nSPS) is 12.1. The number of fused-ring (bicyclic) bond motifs is 2. The van der Waals surface area contributed by atoms with Gasteiger partial charge in [-0.25, -0.2) is 0 Å². The Labute approximate surface area is 218 Å². The van der Waals surface area contributed by atoms with Crippen LogP contribution in [0.4, 0.5) is 5.69 Å². The van der Waals surface area contributed by atoms with E-state index in [4.69, 9.17) is 4.98 Å². The van der Waals surface area contributed by atoms with Crippen LogP contribution in [0.2, 0.25) is 0 Å². The minimum absolute atomic E-state index is 0.139. The molecule has 6 aromatic rings. The van der Waals surface area contributed by atoms with Crippen LogP contribution < -0.4 is 5.32 Å². The molecule has 0 saturated carbocycles. The van der Waals surface area contributed by atoms with Crippen molar-refractivity contribution in [2.24, 2.45) is 0 Å². The summed E-state index contributed by atoms with van der Waals surface area (Å²) in [4.78, 5) is 5.24. The Bertz CT molecular complexity index is 1660. The van der Waals surface area contributed by atoms with Crippen molar-refractivity contribution in [3.63, 3.8) is 0 Å². The third-order valence-electron chi connectivity index (χ3n) is 7.20. The SMILES string of the molecule is Cc1cc(C)c(NC(c2cccc(-c3ccccc3)n2)c2c3ccccc3cc3ccccc23)c(C)c1. The van der Waals surface area contributed by atoms with Gasteiger partial charge in [-0.2, -0.15) is 0 Å². The van der Waals surface area contributed by atoms with Crippen LogP contribution in [-0.2, 0) is 0 Å². The van der Waals surface area contributed by atoms with Gasteiger partial charge in [0.15, 0.2) is 0 Å². The summed E-state index contributed by atoms with van der Waals surface area (Å²) in [6, 6.07) is 40.8. The third kappa shape index (κ3) is 4.36. The molecule has 1 aromatic heterocycles. The third-order valence-corrected chi connectivity index (χ3v) is 7.20. The molecule has 5 aromatic carbocycles. The summed E-state index contributed by atoms with van der Waals surface area (Å²) in [7, 11) is 0.